The summed E-state index contributed by atoms with van der Waals surface area (Å²) < 4.78 is 0. The third kappa shape index (κ3) is 5.95. The lowest BCUT2D eigenvalue weighted by atomic mass is 9.93. The first kappa shape index (κ1) is 28.3. The highest BCUT2D eigenvalue weighted by atomic mass is 14.9. The number of aromatic nitrogens is 3. The molecule has 0 bridgehead atoms. The monoisotopic (exact) mass is 601 g/mol. The SMILES string of the molecule is Cc1cccc(-c2cccc(-c3cc(-c4ccc5ccccc5c4)cc(-c4nc(-c5ccccc5)cc(-c5ccccc5)n4)c3)c2)n1. The van der Waals surface area contributed by atoms with E-state index in [9.17, 15) is 0 Å². The van der Waals surface area contributed by atoms with E-state index in [4.69, 9.17) is 15.0 Å². The smallest absolute Gasteiger partial charge is 0.160 e. The number of aryl methyl sites for hydroxylation is 1. The Balaban J connectivity index is 1.34. The predicted molar refractivity (Wildman–Crippen MR) is 195 cm³/mol. The molecule has 0 saturated carbocycles. The Bertz CT molecular complexity index is 2300. The molecule has 0 radical (unpaired) electrons. The van der Waals surface area contributed by atoms with E-state index in [0.29, 0.717) is 5.82 Å². The Morgan fingerprint density at radius 3 is 1.51 bits per heavy atom. The lowest BCUT2D eigenvalue weighted by molar-refractivity contribution is 1.18. The third-order valence-corrected chi connectivity index (χ3v) is 8.52. The van der Waals surface area contributed by atoms with Crippen LogP contribution in [0.4, 0.5) is 0 Å². The summed E-state index contributed by atoms with van der Waals surface area (Å²) in [4.78, 5) is 15.1. The second kappa shape index (κ2) is 12.3. The van der Waals surface area contributed by atoms with Crippen LogP contribution in [0, 0.1) is 6.92 Å². The fraction of sp³-hybridized carbons (Fsp3) is 0.0227. The summed E-state index contributed by atoms with van der Waals surface area (Å²) in [5, 5.41) is 2.43. The van der Waals surface area contributed by atoms with Crippen molar-refractivity contribution < 1.29 is 0 Å². The van der Waals surface area contributed by atoms with Crippen LogP contribution in [-0.4, -0.2) is 15.0 Å². The molecular weight excluding hydrogens is 571 g/mol. The molecule has 3 heteroatoms. The van der Waals surface area contributed by atoms with Crippen LogP contribution in [0.2, 0.25) is 0 Å². The topological polar surface area (TPSA) is 38.7 Å². The minimum absolute atomic E-state index is 0.686. The first-order valence-corrected chi connectivity index (χ1v) is 15.9. The van der Waals surface area contributed by atoms with E-state index >= 15 is 0 Å². The molecule has 0 unspecified atom stereocenters. The van der Waals surface area contributed by atoms with Crippen molar-refractivity contribution in [3.8, 4) is 67.4 Å². The molecule has 0 spiro atoms. The highest BCUT2D eigenvalue weighted by molar-refractivity contribution is 5.89. The zero-order valence-electron chi connectivity index (χ0n) is 26.0. The van der Waals surface area contributed by atoms with Crippen molar-refractivity contribution in [2.75, 3.05) is 0 Å². The van der Waals surface area contributed by atoms with Crippen LogP contribution >= 0.6 is 0 Å². The highest BCUT2D eigenvalue weighted by Crippen LogP contribution is 2.36. The van der Waals surface area contributed by atoms with Gasteiger partial charge in [-0.2, -0.15) is 0 Å². The minimum atomic E-state index is 0.686. The largest absolute Gasteiger partial charge is 0.253 e. The Kier molecular flexibility index (Phi) is 7.41. The van der Waals surface area contributed by atoms with Gasteiger partial charge in [0.1, 0.15) is 0 Å². The molecule has 0 N–H and O–H groups in total. The van der Waals surface area contributed by atoms with Gasteiger partial charge in [-0.05, 0) is 88.5 Å². The Labute approximate surface area is 274 Å². The molecule has 0 fully saturated rings. The molecule has 8 rings (SSSR count). The summed E-state index contributed by atoms with van der Waals surface area (Å²) in [5.74, 6) is 0.686. The van der Waals surface area contributed by atoms with E-state index in [0.717, 1.165) is 67.3 Å². The molecule has 0 atom stereocenters. The van der Waals surface area contributed by atoms with Gasteiger partial charge in [-0.15, -0.1) is 0 Å². The lowest BCUT2D eigenvalue weighted by Gasteiger charge is -2.14. The maximum absolute atomic E-state index is 5.17. The van der Waals surface area contributed by atoms with Gasteiger partial charge < -0.3 is 0 Å². The first-order chi connectivity index (χ1) is 23.2. The molecule has 0 aliphatic carbocycles. The van der Waals surface area contributed by atoms with Crippen molar-refractivity contribution in [2.24, 2.45) is 0 Å². The summed E-state index contributed by atoms with van der Waals surface area (Å²) in [5.41, 5.74) is 12.3. The van der Waals surface area contributed by atoms with Crippen LogP contribution in [0.5, 0.6) is 0 Å². The van der Waals surface area contributed by atoms with Crippen molar-refractivity contribution in [1.29, 1.82) is 0 Å². The third-order valence-electron chi connectivity index (χ3n) is 8.52. The summed E-state index contributed by atoms with van der Waals surface area (Å²) in [6.07, 6.45) is 0. The molecule has 2 aromatic heterocycles. The summed E-state index contributed by atoms with van der Waals surface area (Å²) >= 11 is 0. The number of hydrogen-bond acceptors (Lipinski definition) is 3. The highest BCUT2D eigenvalue weighted by Gasteiger charge is 2.14. The number of pyridine rings is 1. The van der Waals surface area contributed by atoms with Gasteiger partial charge in [0.25, 0.3) is 0 Å². The fourth-order valence-electron chi connectivity index (χ4n) is 6.11. The van der Waals surface area contributed by atoms with Gasteiger partial charge in [0.15, 0.2) is 5.82 Å². The van der Waals surface area contributed by atoms with Crippen LogP contribution in [0.15, 0.2) is 170 Å². The van der Waals surface area contributed by atoms with Crippen LogP contribution in [-0.2, 0) is 0 Å². The standard InChI is InChI=1S/C44H31N3/c1-30-12-10-21-41(45-30)37-20-11-19-35(25-37)38-26-39(36-23-22-31-13-8-9-18-34(31)24-36)28-40(27-38)44-46-42(32-14-4-2-5-15-32)29-43(47-44)33-16-6-3-7-17-33/h2-29H,1H3. The molecule has 0 saturated heterocycles. The van der Waals surface area contributed by atoms with Gasteiger partial charge in [-0.1, -0.05) is 121 Å². The van der Waals surface area contributed by atoms with Crippen LogP contribution in [0.1, 0.15) is 5.69 Å². The summed E-state index contributed by atoms with van der Waals surface area (Å²) in [7, 11) is 0. The zero-order chi connectivity index (χ0) is 31.6. The molecule has 8 aromatic rings. The van der Waals surface area contributed by atoms with Crippen LogP contribution in [0.25, 0.3) is 78.2 Å². The van der Waals surface area contributed by atoms with E-state index in [1.165, 1.54) is 10.8 Å². The van der Waals surface area contributed by atoms with Gasteiger partial charge in [-0.3, -0.25) is 4.98 Å². The number of rotatable bonds is 6. The number of hydrogen-bond donors (Lipinski definition) is 0. The van der Waals surface area contributed by atoms with Crippen molar-refractivity contribution >= 4 is 10.8 Å². The minimum Gasteiger partial charge on any atom is -0.253 e. The molecule has 0 aliphatic heterocycles. The quantitative estimate of drug-likeness (QED) is 0.190. The van der Waals surface area contributed by atoms with Gasteiger partial charge in [-0.25, -0.2) is 9.97 Å². The molecule has 2 heterocycles. The summed E-state index contributed by atoms with van der Waals surface area (Å²) in [6.45, 7) is 2.03. The average molecular weight is 602 g/mol. The molecule has 222 valence electrons. The number of benzene rings is 6. The van der Waals surface area contributed by atoms with E-state index in [-0.39, 0.29) is 0 Å². The average Bonchev–Trinajstić information content (AvgIpc) is 3.15. The second-order valence-electron chi connectivity index (χ2n) is 11.8. The maximum atomic E-state index is 5.17. The Hall–Kier alpha value is -6.19. The van der Waals surface area contributed by atoms with Crippen molar-refractivity contribution in [3.63, 3.8) is 0 Å². The number of nitrogens with zero attached hydrogens (tertiary/aromatic N) is 3. The van der Waals surface area contributed by atoms with Crippen LogP contribution < -0.4 is 0 Å². The van der Waals surface area contributed by atoms with E-state index in [1.807, 2.05) is 49.4 Å². The maximum Gasteiger partial charge on any atom is 0.160 e. The van der Waals surface area contributed by atoms with Gasteiger partial charge in [0, 0.05) is 27.9 Å². The second-order valence-corrected chi connectivity index (χ2v) is 11.8. The summed E-state index contributed by atoms with van der Waals surface area (Å²) in [6, 6.07) is 59.4. The van der Waals surface area contributed by atoms with Gasteiger partial charge in [0.05, 0.1) is 17.1 Å². The van der Waals surface area contributed by atoms with Crippen LogP contribution in [0.3, 0.4) is 0 Å². The lowest BCUT2D eigenvalue weighted by Crippen LogP contribution is -1.97. The molecular formula is C44H31N3. The fourth-order valence-corrected chi connectivity index (χ4v) is 6.11. The number of fused-ring (bicyclic) bond motifs is 1. The molecule has 3 nitrogen and oxygen atoms in total. The zero-order valence-corrected chi connectivity index (χ0v) is 26.0. The van der Waals surface area contributed by atoms with Gasteiger partial charge in [0.2, 0.25) is 0 Å². The van der Waals surface area contributed by atoms with E-state index in [1.54, 1.807) is 0 Å². The predicted octanol–water partition coefficient (Wildman–Crippen LogP) is 11.3. The Morgan fingerprint density at radius 2 is 0.830 bits per heavy atom. The molecule has 47 heavy (non-hydrogen) atoms. The first-order valence-electron chi connectivity index (χ1n) is 15.9. The van der Waals surface area contributed by atoms with Gasteiger partial charge >= 0.3 is 0 Å². The van der Waals surface area contributed by atoms with E-state index < -0.39 is 0 Å². The van der Waals surface area contributed by atoms with Crippen molar-refractivity contribution in [2.45, 2.75) is 6.92 Å². The molecule has 6 aromatic carbocycles. The van der Waals surface area contributed by atoms with Crippen molar-refractivity contribution in [1.82, 2.24) is 15.0 Å². The van der Waals surface area contributed by atoms with E-state index in [2.05, 4.69) is 127 Å². The van der Waals surface area contributed by atoms with Crippen molar-refractivity contribution in [3.05, 3.63) is 176 Å². The molecule has 0 aliphatic rings. The Morgan fingerprint density at radius 1 is 0.298 bits per heavy atom. The normalized spacial score (nSPS) is 11.1. The molecule has 0 amide bonds.